The minimum Gasteiger partial charge on any atom is -0.350 e. The molecule has 0 saturated heterocycles. The van der Waals surface area contributed by atoms with Crippen molar-refractivity contribution in [3.05, 3.63) is 98.7 Å². The Hall–Kier alpha value is -3.61. The van der Waals surface area contributed by atoms with Crippen LogP contribution >= 0.6 is 23.2 Å². The number of anilines is 3. The number of imide groups is 1. The molecule has 1 heterocycles. The Balaban J connectivity index is 1.50. The monoisotopic (exact) mass is 493 g/mol. The largest absolute Gasteiger partial charge is 0.350 e. The first-order chi connectivity index (χ1) is 16.2. The highest BCUT2D eigenvalue weighted by Crippen LogP contribution is 2.33. The van der Waals surface area contributed by atoms with Crippen LogP contribution < -0.4 is 15.5 Å². The van der Waals surface area contributed by atoms with E-state index in [2.05, 4.69) is 10.6 Å². The summed E-state index contributed by atoms with van der Waals surface area (Å²) in [4.78, 5) is 39.4. The van der Waals surface area contributed by atoms with Crippen LogP contribution in [0.4, 0.5) is 17.1 Å². The summed E-state index contributed by atoms with van der Waals surface area (Å²) in [5.74, 6) is -1.44. The van der Waals surface area contributed by atoms with E-state index in [0.717, 1.165) is 21.6 Å². The summed E-state index contributed by atoms with van der Waals surface area (Å²) in [6.45, 7) is 5.63. The summed E-state index contributed by atoms with van der Waals surface area (Å²) < 4.78 is 0. The lowest BCUT2D eigenvalue weighted by atomic mass is 10.1. The molecule has 0 saturated carbocycles. The number of nitrogens with zero attached hydrogens (tertiary/aromatic N) is 1. The van der Waals surface area contributed by atoms with E-state index in [1.165, 1.54) is 0 Å². The third kappa shape index (κ3) is 4.42. The molecule has 3 amide bonds. The third-order valence-electron chi connectivity index (χ3n) is 5.69. The molecule has 3 aromatic carbocycles. The molecule has 0 fully saturated rings. The number of halogens is 2. The predicted octanol–water partition coefficient (Wildman–Crippen LogP) is 5.95. The lowest BCUT2D eigenvalue weighted by molar-refractivity contribution is -0.120. The van der Waals surface area contributed by atoms with Gasteiger partial charge in [0, 0.05) is 22.0 Å². The van der Waals surface area contributed by atoms with Gasteiger partial charge in [-0.3, -0.25) is 14.4 Å². The Morgan fingerprint density at radius 3 is 2.18 bits per heavy atom. The molecule has 34 heavy (non-hydrogen) atoms. The highest BCUT2D eigenvalue weighted by molar-refractivity contribution is 6.53. The molecule has 2 N–H and O–H groups in total. The SMILES string of the molecule is Cc1ccc(NC(=O)c2ccc(NC3=C(Cl)C(=O)N(c4cccc(C)c4C)C3=O)cc2)cc1Cl. The van der Waals surface area contributed by atoms with Gasteiger partial charge in [0.1, 0.15) is 10.7 Å². The highest BCUT2D eigenvalue weighted by atomic mass is 35.5. The zero-order valence-corrected chi connectivity index (χ0v) is 20.2. The third-order valence-corrected chi connectivity index (χ3v) is 6.45. The van der Waals surface area contributed by atoms with Crippen LogP contribution in [0.25, 0.3) is 0 Å². The van der Waals surface area contributed by atoms with E-state index in [1.54, 1.807) is 48.5 Å². The van der Waals surface area contributed by atoms with Crippen molar-refractivity contribution in [2.75, 3.05) is 15.5 Å². The Bertz CT molecular complexity index is 1360. The maximum absolute atomic E-state index is 13.0. The average Bonchev–Trinajstić information content (AvgIpc) is 3.02. The Morgan fingerprint density at radius 1 is 0.824 bits per heavy atom. The summed E-state index contributed by atoms with van der Waals surface area (Å²) in [6.07, 6.45) is 0. The summed E-state index contributed by atoms with van der Waals surface area (Å²) in [5.41, 5.74) is 4.67. The van der Waals surface area contributed by atoms with Crippen molar-refractivity contribution in [2.24, 2.45) is 0 Å². The van der Waals surface area contributed by atoms with Crippen LogP contribution in [0.2, 0.25) is 5.02 Å². The Labute approximate surface area is 207 Å². The second kappa shape index (κ2) is 9.33. The molecule has 0 atom stereocenters. The fourth-order valence-corrected chi connectivity index (χ4v) is 3.92. The molecule has 0 aliphatic carbocycles. The molecule has 0 unspecified atom stereocenters. The van der Waals surface area contributed by atoms with Crippen LogP contribution in [0.15, 0.2) is 71.4 Å². The Morgan fingerprint density at radius 2 is 1.50 bits per heavy atom. The number of benzene rings is 3. The van der Waals surface area contributed by atoms with Gasteiger partial charge in [-0.05, 0) is 79.9 Å². The predicted molar refractivity (Wildman–Crippen MR) is 135 cm³/mol. The van der Waals surface area contributed by atoms with Crippen molar-refractivity contribution in [1.29, 1.82) is 0 Å². The molecule has 172 valence electrons. The molecule has 4 rings (SSSR count). The first kappa shape index (κ1) is 23.5. The molecule has 0 aromatic heterocycles. The Kier molecular flexibility index (Phi) is 6.46. The molecule has 6 nitrogen and oxygen atoms in total. The van der Waals surface area contributed by atoms with E-state index in [-0.39, 0.29) is 16.6 Å². The number of nitrogens with one attached hydrogen (secondary N) is 2. The van der Waals surface area contributed by atoms with Crippen LogP contribution in [0.5, 0.6) is 0 Å². The van der Waals surface area contributed by atoms with Gasteiger partial charge in [0.15, 0.2) is 0 Å². The number of hydrogen-bond acceptors (Lipinski definition) is 4. The minimum atomic E-state index is -0.587. The smallest absolute Gasteiger partial charge is 0.283 e. The van der Waals surface area contributed by atoms with Crippen LogP contribution in [0.3, 0.4) is 0 Å². The van der Waals surface area contributed by atoms with E-state index < -0.39 is 11.8 Å². The number of hydrogen-bond donors (Lipinski definition) is 2. The molecular formula is C26H21Cl2N3O3. The van der Waals surface area contributed by atoms with E-state index in [0.29, 0.717) is 27.6 Å². The first-order valence-corrected chi connectivity index (χ1v) is 11.2. The fourth-order valence-electron chi connectivity index (χ4n) is 3.53. The normalized spacial score (nSPS) is 13.5. The maximum Gasteiger partial charge on any atom is 0.283 e. The zero-order chi connectivity index (χ0) is 24.6. The summed E-state index contributed by atoms with van der Waals surface area (Å²) in [7, 11) is 0. The summed E-state index contributed by atoms with van der Waals surface area (Å²) in [5, 5.41) is 6.09. The molecule has 0 radical (unpaired) electrons. The van der Waals surface area contributed by atoms with Gasteiger partial charge < -0.3 is 10.6 Å². The van der Waals surface area contributed by atoms with E-state index >= 15 is 0 Å². The van der Waals surface area contributed by atoms with Gasteiger partial charge in [0.2, 0.25) is 0 Å². The van der Waals surface area contributed by atoms with Crippen molar-refractivity contribution >= 4 is 58.0 Å². The summed E-state index contributed by atoms with van der Waals surface area (Å²) in [6, 6.07) is 17.1. The van der Waals surface area contributed by atoms with Gasteiger partial charge in [-0.25, -0.2) is 4.90 Å². The standard InChI is InChI=1S/C26H21Cl2N3O3/c1-14-5-4-6-21(16(14)3)31-25(33)22(28)23(26(31)34)29-18-11-8-17(9-12-18)24(32)30-19-10-7-15(2)20(27)13-19/h4-13,29H,1-3H3,(H,30,32). The zero-order valence-electron chi connectivity index (χ0n) is 18.7. The van der Waals surface area contributed by atoms with E-state index in [9.17, 15) is 14.4 Å². The van der Waals surface area contributed by atoms with Gasteiger partial charge >= 0.3 is 0 Å². The summed E-state index contributed by atoms with van der Waals surface area (Å²) >= 11 is 12.4. The topological polar surface area (TPSA) is 78.5 Å². The molecular weight excluding hydrogens is 473 g/mol. The van der Waals surface area contributed by atoms with Crippen molar-refractivity contribution in [3.8, 4) is 0 Å². The number of rotatable bonds is 5. The number of amides is 3. The van der Waals surface area contributed by atoms with Gasteiger partial charge in [-0.15, -0.1) is 0 Å². The number of aryl methyl sites for hydroxylation is 2. The lowest BCUT2D eigenvalue weighted by Crippen LogP contribution is -2.33. The van der Waals surface area contributed by atoms with Crippen LogP contribution in [-0.2, 0) is 9.59 Å². The molecule has 8 heteroatoms. The second-order valence-corrected chi connectivity index (χ2v) is 8.76. The molecule has 1 aliphatic rings. The van der Waals surface area contributed by atoms with Gasteiger partial charge in [-0.1, -0.05) is 41.4 Å². The maximum atomic E-state index is 13.0. The van der Waals surface area contributed by atoms with Crippen molar-refractivity contribution in [3.63, 3.8) is 0 Å². The molecule has 3 aromatic rings. The van der Waals surface area contributed by atoms with Gasteiger partial charge in [0.05, 0.1) is 5.69 Å². The first-order valence-electron chi connectivity index (χ1n) is 10.5. The van der Waals surface area contributed by atoms with Crippen LogP contribution in [0, 0.1) is 20.8 Å². The molecule has 0 spiro atoms. The lowest BCUT2D eigenvalue weighted by Gasteiger charge is -2.18. The van der Waals surface area contributed by atoms with Crippen LogP contribution in [0.1, 0.15) is 27.0 Å². The fraction of sp³-hybridized carbons (Fsp3) is 0.115. The van der Waals surface area contributed by atoms with Crippen LogP contribution in [-0.4, -0.2) is 17.7 Å². The second-order valence-electron chi connectivity index (χ2n) is 7.97. The number of carbonyl (C=O) groups excluding carboxylic acids is 3. The highest BCUT2D eigenvalue weighted by Gasteiger charge is 2.39. The van der Waals surface area contributed by atoms with E-state index in [4.69, 9.17) is 23.2 Å². The quantitative estimate of drug-likeness (QED) is 0.430. The average molecular weight is 494 g/mol. The van der Waals surface area contributed by atoms with Crippen molar-refractivity contribution in [1.82, 2.24) is 0 Å². The minimum absolute atomic E-state index is 0.0147. The number of carbonyl (C=O) groups is 3. The molecule has 0 bridgehead atoms. The van der Waals surface area contributed by atoms with Crippen molar-refractivity contribution in [2.45, 2.75) is 20.8 Å². The molecule has 1 aliphatic heterocycles. The van der Waals surface area contributed by atoms with Gasteiger partial charge in [0.25, 0.3) is 17.7 Å². The van der Waals surface area contributed by atoms with Gasteiger partial charge in [-0.2, -0.15) is 0 Å². The van der Waals surface area contributed by atoms with Crippen molar-refractivity contribution < 1.29 is 14.4 Å². The van der Waals surface area contributed by atoms with E-state index in [1.807, 2.05) is 32.9 Å².